The third-order valence-electron chi connectivity index (χ3n) is 7.95. The molecular formula is C31H42FN5O3Si. The summed E-state index contributed by atoms with van der Waals surface area (Å²) in [5, 5.41) is 18.6. The van der Waals surface area contributed by atoms with Crippen LogP contribution in [0.3, 0.4) is 0 Å². The molecule has 41 heavy (non-hydrogen) atoms. The van der Waals surface area contributed by atoms with Crippen LogP contribution in [0, 0.1) is 12.7 Å². The van der Waals surface area contributed by atoms with E-state index in [0.29, 0.717) is 35.9 Å². The summed E-state index contributed by atoms with van der Waals surface area (Å²) in [6.07, 6.45) is 2.29. The number of hydrogen-bond donors (Lipinski definition) is 4. The minimum absolute atomic E-state index is 0.0171. The second kappa shape index (κ2) is 12.2. The first-order chi connectivity index (χ1) is 19.3. The molecule has 0 radical (unpaired) electrons. The minimum Gasteiger partial charge on any atom is -0.543 e. The predicted molar refractivity (Wildman–Crippen MR) is 167 cm³/mol. The van der Waals surface area contributed by atoms with E-state index in [1.807, 2.05) is 25.1 Å². The van der Waals surface area contributed by atoms with Gasteiger partial charge in [-0.3, -0.25) is 9.69 Å². The maximum absolute atomic E-state index is 15.2. The van der Waals surface area contributed by atoms with Gasteiger partial charge in [-0.05, 0) is 73.4 Å². The zero-order valence-electron chi connectivity index (χ0n) is 25.1. The largest absolute Gasteiger partial charge is 0.543 e. The molecule has 3 aromatic rings. The van der Waals surface area contributed by atoms with Crippen molar-refractivity contribution in [3.63, 3.8) is 0 Å². The Labute approximate surface area is 243 Å². The maximum Gasteiger partial charge on any atom is 0.261 e. The number of nitrogens with one attached hydrogen (secondary N) is 3. The van der Waals surface area contributed by atoms with Crippen LogP contribution in [-0.2, 0) is 6.54 Å². The van der Waals surface area contributed by atoms with Crippen molar-refractivity contribution in [1.29, 1.82) is 0 Å². The van der Waals surface area contributed by atoms with Gasteiger partial charge in [0.1, 0.15) is 22.9 Å². The zero-order valence-corrected chi connectivity index (χ0v) is 26.1. The van der Waals surface area contributed by atoms with Crippen LogP contribution in [-0.4, -0.2) is 48.9 Å². The van der Waals surface area contributed by atoms with Crippen LogP contribution in [0.15, 0.2) is 42.6 Å². The summed E-state index contributed by atoms with van der Waals surface area (Å²) >= 11 is 0. The molecule has 220 valence electrons. The molecule has 1 aliphatic heterocycles. The summed E-state index contributed by atoms with van der Waals surface area (Å²) < 4.78 is 21.7. The topological polar surface area (TPSA) is 98.8 Å². The monoisotopic (exact) mass is 579 g/mol. The van der Waals surface area contributed by atoms with E-state index < -0.39 is 14.1 Å². The number of aliphatic hydroxyl groups is 1. The number of anilines is 5. The third-order valence-corrected chi connectivity index (χ3v) is 12.3. The Hall–Kier alpha value is -3.47. The van der Waals surface area contributed by atoms with Gasteiger partial charge in [0.2, 0.25) is 8.32 Å². The Bertz CT molecular complexity index is 1420. The van der Waals surface area contributed by atoms with E-state index in [2.05, 4.69) is 66.6 Å². The Morgan fingerprint density at radius 1 is 1.10 bits per heavy atom. The number of pyridine rings is 1. The molecule has 8 nitrogen and oxygen atoms in total. The fourth-order valence-corrected chi connectivity index (χ4v) is 5.51. The summed E-state index contributed by atoms with van der Waals surface area (Å²) in [7, 11) is -2.16. The van der Waals surface area contributed by atoms with Crippen LogP contribution < -0.4 is 20.4 Å². The second-order valence-corrected chi connectivity index (χ2v) is 16.8. The van der Waals surface area contributed by atoms with E-state index in [0.717, 1.165) is 29.9 Å². The van der Waals surface area contributed by atoms with Crippen molar-refractivity contribution in [3.05, 3.63) is 65.1 Å². The number of hydrogen-bond acceptors (Lipinski definition) is 7. The van der Waals surface area contributed by atoms with Crippen molar-refractivity contribution in [2.75, 3.05) is 35.6 Å². The quantitative estimate of drug-likeness (QED) is 0.189. The summed E-state index contributed by atoms with van der Waals surface area (Å²) in [5.74, 6) is 0.217. The van der Waals surface area contributed by atoms with Gasteiger partial charge in [-0.1, -0.05) is 33.8 Å². The van der Waals surface area contributed by atoms with Gasteiger partial charge in [-0.2, -0.15) is 0 Å². The van der Waals surface area contributed by atoms with Crippen molar-refractivity contribution in [3.8, 4) is 5.75 Å². The van der Waals surface area contributed by atoms with E-state index >= 15 is 4.39 Å². The lowest BCUT2D eigenvalue weighted by atomic mass is 10.1. The molecule has 0 unspecified atom stereocenters. The van der Waals surface area contributed by atoms with Gasteiger partial charge in [0, 0.05) is 32.0 Å². The fourth-order valence-electron chi connectivity index (χ4n) is 4.44. The summed E-state index contributed by atoms with van der Waals surface area (Å²) in [5.41, 5.74) is 4.05. The Morgan fingerprint density at radius 3 is 2.54 bits per heavy atom. The highest BCUT2D eigenvalue weighted by Crippen LogP contribution is 2.40. The van der Waals surface area contributed by atoms with Gasteiger partial charge in [0.05, 0.1) is 22.7 Å². The Morgan fingerprint density at radius 2 is 1.85 bits per heavy atom. The smallest absolute Gasteiger partial charge is 0.261 e. The molecule has 2 heterocycles. The van der Waals surface area contributed by atoms with Gasteiger partial charge in [-0.25, -0.2) is 9.37 Å². The molecular weight excluding hydrogens is 537 g/mol. The van der Waals surface area contributed by atoms with E-state index in [-0.39, 0.29) is 28.8 Å². The van der Waals surface area contributed by atoms with E-state index in [9.17, 15) is 9.90 Å². The minimum atomic E-state index is -2.16. The van der Waals surface area contributed by atoms with Crippen molar-refractivity contribution in [2.45, 2.75) is 65.7 Å². The number of carbonyl (C=O) groups is 1. The van der Waals surface area contributed by atoms with Crippen LogP contribution >= 0.6 is 0 Å². The predicted octanol–water partition coefficient (Wildman–Crippen LogP) is 7.17. The highest BCUT2D eigenvalue weighted by molar-refractivity contribution is 6.74. The van der Waals surface area contributed by atoms with E-state index in [4.69, 9.17) is 4.43 Å². The Kier molecular flexibility index (Phi) is 9.06. The van der Waals surface area contributed by atoms with Crippen LogP contribution in [0.25, 0.3) is 0 Å². The fraction of sp³-hybridized carbons (Fsp3) is 0.419. The normalized spacial score (nSPS) is 13.2. The number of amides is 1. The van der Waals surface area contributed by atoms with Crippen LogP contribution in [0.5, 0.6) is 5.75 Å². The molecule has 0 spiro atoms. The first kappa shape index (κ1) is 30.5. The molecule has 0 saturated carbocycles. The van der Waals surface area contributed by atoms with Gasteiger partial charge in [0.25, 0.3) is 5.91 Å². The average Bonchev–Trinajstić information content (AvgIpc) is 3.04. The summed E-state index contributed by atoms with van der Waals surface area (Å²) in [6, 6.07) is 10.7. The maximum atomic E-state index is 15.2. The molecule has 2 aromatic carbocycles. The van der Waals surface area contributed by atoms with Gasteiger partial charge >= 0.3 is 0 Å². The van der Waals surface area contributed by atoms with Gasteiger partial charge < -0.3 is 25.5 Å². The molecule has 0 fully saturated rings. The van der Waals surface area contributed by atoms with Crippen molar-refractivity contribution < 1.29 is 18.7 Å². The highest BCUT2D eigenvalue weighted by atomic mass is 28.4. The molecule has 0 atom stereocenters. The molecule has 0 bridgehead atoms. The number of aliphatic hydroxyl groups excluding tert-OH is 1. The van der Waals surface area contributed by atoms with Crippen LogP contribution in [0.4, 0.5) is 33.0 Å². The highest BCUT2D eigenvalue weighted by Gasteiger charge is 2.39. The Balaban J connectivity index is 1.62. The lowest BCUT2D eigenvalue weighted by Crippen LogP contribution is -2.44. The van der Waals surface area contributed by atoms with Gasteiger partial charge in [-0.15, -0.1) is 0 Å². The lowest BCUT2D eigenvalue weighted by Gasteiger charge is -2.37. The molecule has 10 heteroatoms. The second-order valence-electron chi connectivity index (χ2n) is 12.1. The number of rotatable bonds is 10. The molecule has 4 N–H and O–H groups in total. The standard InChI is InChI=1S/C31H42FN5O3Si/c1-8-37(14-9-15-38)19-21-10-11-23-26(17-21)36-30(39)28-24(12-13-33-29(28)35-23)34-25-18-27(20(2)16-22(25)32)40-41(6,7)31(3,4)5/h10-13,16-18,38H,8-9,14-15,19H2,1-7H3,(H,36,39)(H2,33,34,35). The summed E-state index contributed by atoms with van der Waals surface area (Å²) in [6.45, 7) is 17.2. The van der Waals surface area contributed by atoms with E-state index in [1.165, 1.54) is 6.07 Å². The van der Waals surface area contributed by atoms with Crippen molar-refractivity contribution in [2.24, 2.45) is 0 Å². The van der Waals surface area contributed by atoms with E-state index in [1.54, 1.807) is 18.3 Å². The number of benzene rings is 2. The first-order valence-corrected chi connectivity index (χ1v) is 17.0. The molecule has 1 amide bonds. The van der Waals surface area contributed by atoms with Crippen LogP contribution in [0.1, 0.15) is 55.6 Å². The van der Waals surface area contributed by atoms with Gasteiger partial charge in [0.15, 0.2) is 0 Å². The number of aryl methyl sites for hydroxylation is 1. The number of fused-ring (bicyclic) bond motifs is 2. The number of aromatic nitrogens is 1. The summed E-state index contributed by atoms with van der Waals surface area (Å²) in [4.78, 5) is 20.2. The molecule has 0 saturated heterocycles. The third kappa shape index (κ3) is 6.88. The number of halogens is 1. The molecule has 4 rings (SSSR count). The van der Waals surface area contributed by atoms with Crippen LogP contribution in [0.2, 0.25) is 18.1 Å². The number of carbonyl (C=O) groups excluding carboxylic acids is 1. The lowest BCUT2D eigenvalue weighted by molar-refractivity contribution is 0.102. The first-order valence-electron chi connectivity index (χ1n) is 14.1. The number of nitrogens with zero attached hydrogens (tertiary/aromatic N) is 2. The zero-order chi connectivity index (χ0) is 29.9. The molecule has 1 aliphatic rings. The van der Waals surface area contributed by atoms with Crippen molar-refractivity contribution >= 4 is 42.8 Å². The van der Waals surface area contributed by atoms with Crippen molar-refractivity contribution in [1.82, 2.24) is 9.88 Å². The average molecular weight is 580 g/mol. The SMILES string of the molecule is CCN(CCCO)Cc1ccc2c(c1)NC(=O)c1c(Nc3cc(O[Si](C)(C)C(C)(C)C)c(C)cc3F)ccnc1N2. The molecule has 1 aromatic heterocycles. The molecule has 0 aliphatic carbocycles.